The van der Waals surface area contributed by atoms with Gasteiger partial charge in [-0.05, 0) is 48.9 Å². The van der Waals surface area contributed by atoms with Crippen LogP contribution in [0.2, 0.25) is 10.0 Å². The van der Waals surface area contributed by atoms with E-state index in [1.165, 1.54) is 0 Å². The smallest absolute Gasteiger partial charge is 0.170 e. The van der Waals surface area contributed by atoms with Crippen LogP contribution >= 0.6 is 23.2 Å². The highest BCUT2D eigenvalue weighted by Gasteiger charge is 2.19. The lowest BCUT2D eigenvalue weighted by Crippen LogP contribution is -2.16. The highest BCUT2D eigenvalue weighted by Crippen LogP contribution is 2.26. The summed E-state index contributed by atoms with van der Waals surface area (Å²) in [5.74, 6) is 1.26. The van der Waals surface area contributed by atoms with Crippen molar-refractivity contribution in [3.63, 3.8) is 0 Å². The lowest BCUT2D eigenvalue weighted by molar-refractivity contribution is 0.0976. The molecule has 1 unspecified atom stereocenters. The molecule has 0 spiro atoms. The topological polar surface area (TPSA) is 55.1 Å². The Hall–Kier alpha value is -2.30. The van der Waals surface area contributed by atoms with Gasteiger partial charge in [0.25, 0.3) is 0 Å². The van der Waals surface area contributed by atoms with Crippen molar-refractivity contribution in [3.8, 4) is 0 Å². The molecule has 4 nitrogen and oxygen atoms in total. The Balaban J connectivity index is 1.85. The Morgan fingerprint density at radius 1 is 1.12 bits per heavy atom. The maximum absolute atomic E-state index is 12.7. The Morgan fingerprint density at radius 3 is 2.52 bits per heavy atom. The van der Waals surface area contributed by atoms with E-state index in [1.54, 1.807) is 36.4 Å². The summed E-state index contributed by atoms with van der Waals surface area (Å²) in [6.07, 6.45) is 0.244. The van der Waals surface area contributed by atoms with E-state index in [4.69, 9.17) is 27.7 Å². The number of carbonyl (C=O) groups is 1. The van der Waals surface area contributed by atoms with Gasteiger partial charge in [-0.2, -0.15) is 0 Å². The molecule has 128 valence electrons. The average molecular weight is 375 g/mol. The van der Waals surface area contributed by atoms with E-state index >= 15 is 0 Å². The van der Waals surface area contributed by atoms with E-state index < -0.39 is 0 Å². The molecule has 6 heteroatoms. The van der Waals surface area contributed by atoms with Crippen LogP contribution in [0, 0.1) is 6.92 Å². The molecule has 0 saturated heterocycles. The van der Waals surface area contributed by atoms with Gasteiger partial charge in [0.1, 0.15) is 5.76 Å². The summed E-state index contributed by atoms with van der Waals surface area (Å²) in [4.78, 5) is 12.7. The van der Waals surface area contributed by atoms with E-state index in [1.807, 2.05) is 25.1 Å². The number of anilines is 1. The second-order valence-corrected chi connectivity index (χ2v) is 6.58. The predicted molar refractivity (Wildman–Crippen MR) is 99.5 cm³/mol. The number of ketones is 1. The molecule has 0 saturated carbocycles. The number of aryl methyl sites for hydroxylation is 1. The van der Waals surface area contributed by atoms with Gasteiger partial charge in [-0.25, -0.2) is 0 Å². The molecule has 0 bridgehead atoms. The molecule has 1 N–H and O–H groups in total. The standard InChI is InChI=1S/C19H16Cl2N2O2/c1-12-9-19(23-25-12)22-17(14-3-2-4-16(21)10-14)11-18(24)13-5-7-15(20)8-6-13/h2-10,17H,11H2,1H3,(H,22,23). The first kappa shape index (κ1) is 17.5. The van der Waals surface area contributed by atoms with Gasteiger partial charge < -0.3 is 9.84 Å². The van der Waals surface area contributed by atoms with Gasteiger partial charge in [0.15, 0.2) is 11.6 Å². The molecule has 0 aliphatic carbocycles. The molecule has 1 heterocycles. The largest absolute Gasteiger partial charge is 0.360 e. The zero-order valence-electron chi connectivity index (χ0n) is 13.5. The van der Waals surface area contributed by atoms with Gasteiger partial charge in [-0.15, -0.1) is 0 Å². The fraction of sp³-hybridized carbons (Fsp3) is 0.158. The number of benzene rings is 2. The van der Waals surface area contributed by atoms with Crippen molar-refractivity contribution >= 4 is 34.8 Å². The highest BCUT2D eigenvalue weighted by molar-refractivity contribution is 6.31. The molecule has 0 fully saturated rings. The lowest BCUT2D eigenvalue weighted by Gasteiger charge is -2.18. The minimum Gasteiger partial charge on any atom is -0.360 e. The maximum Gasteiger partial charge on any atom is 0.170 e. The van der Waals surface area contributed by atoms with Crippen molar-refractivity contribution in [1.82, 2.24) is 5.16 Å². The van der Waals surface area contributed by atoms with Crippen molar-refractivity contribution in [2.45, 2.75) is 19.4 Å². The molecule has 0 aliphatic rings. The van der Waals surface area contributed by atoms with Crippen LogP contribution in [0.3, 0.4) is 0 Å². The molecular formula is C19H16Cl2N2O2. The van der Waals surface area contributed by atoms with Crippen LogP contribution in [0.15, 0.2) is 59.1 Å². The third-order valence-electron chi connectivity index (χ3n) is 3.76. The minimum atomic E-state index is -0.286. The number of rotatable bonds is 6. The van der Waals surface area contributed by atoms with E-state index in [0.29, 0.717) is 27.2 Å². The molecule has 0 radical (unpaired) electrons. The van der Waals surface area contributed by atoms with E-state index in [0.717, 1.165) is 5.56 Å². The van der Waals surface area contributed by atoms with Crippen LogP contribution < -0.4 is 5.32 Å². The van der Waals surface area contributed by atoms with E-state index in [-0.39, 0.29) is 18.2 Å². The van der Waals surface area contributed by atoms with E-state index in [2.05, 4.69) is 10.5 Å². The number of carbonyl (C=O) groups excluding carboxylic acids is 1. The molecule has 3 rings (SSSR count). The Morgan fingerprint density at radius 2 is 1.88 bits per heavy atom. The van der Waals surface area contributed by atoms with Gasteiger partial charge in [-0.3, -0.25) is 4.79 Å². The quantitative estimate of drug-likeness (QED) is 0.560. The Bertz CT molecular complexity index is 875. The monoisotopic (exact) mass is 374 g/mol. The van der Waals surface area contributed by atoms with Gasteiger partial charge in [0, 0.05) is 28.1 Å². The third kappa shape index (κ3) is 4.62. The first-order valence-electron chi connectivity index (χ1n) is 7.75. The van der Waals surface area contributed by atoms with Crippen LogP contribution in [-0.4, -0.2) is 10.9 Å². The molecule has 0 aliphatic heterocycles. The fourth-order valence-corrected chi connectivity index (χ4v) is 2.85. The first-order chi connectivity index (χ1) is 12.0. The third-order valence-corrected chi connectivity index (χ3v) is 4.24. The summed E-state index contributed by atoms with van der Waals surface area (Å²) in [6.45, 7) is 1.81. The number of hydrogen-bond acceptors (Lipinski definition) is 4. The zero-order chi connectivity index (χ0) is 17.8. The Labute approximate surface area is 155 Å². The number of aromatic nitrogens is 1. The Kier molecular flexibility index (Phi) is 5.41. The SMILES string of the molecule is Cc1cc(NC(CC(=O)c2ccc(Cl)cc2)c2cccc(Cl)c2)no1. The van der Waals surface area contributed by atoms with Gasteiger partial charge >= 0.3 is 0 Å². The average Bonchev–Trinajstić information content (AvgIpc) is 3.00. The second kappa shape index (κ2) is 7.72. The van der Waals surface area contributed by atoms with Gasteiger partial charge in [0.05, 0.1) is 6.04 Å². The summed E-state index contributed by atoms with van der Waals surface area (Å²) in [5, 5.41) is 8.40. The first-order valence-corrected chi connectivity index (χ1v) is 8.51. The van der Waals surface area contributed by atoms with Crippen molar-refractivity contribution in [3.05, 3.63) is 81.5 Å². The van der Waals surface area contributed by atoms with Crippen LogP contribution in [0.4, 0.5) is 5.82 Å². The van der Waals surface area contributed by atoms with Crippen molar-refractivity contribution in [2.75, 3.05) is 5.32 Å². The lowest BCUT2D eigenvalue weighted by atomic mass is 9.98. The maximum atomic E-state index is 12.7. The summed E-state index contributed by atoms with van der Waals surface area (Å²) < 4.78 is 5.09. The zero-order valence-corrected chi connectivity index (χ0v) is 15.0. The molecule has 2 aromatic carbocycles. The van der Waals surface area contributed by atoms with Crippen molar-refractivity contribution < 1.29 is 9.32 Å². The summed E-state index contributed by atoms with van der Waals surface area (Å²) in [7, 11) is 0. The van der Waals surface area contributed by atoms with Crippen molar-refractivity contribution in [1.29, 1.82) is 0 Å². The van der Waals surface area contributed by atoms with Gasteiger partial charge in [-0.1, -0.05) is 40.5 Å². The molecule has 0 amide bonds. The normalized spacial score (nSPS) is 12.0. The number of halogens is 2. The molecule has 1 aromatic heterocycles. The van der Waals surface area contributed by atoms with Gasteiger partial charge in [0.2, 0.25) is 0 Å². The number of Topliss-reactive ketones (excluding diaryl/α,β-unsaturated/α-hetero) is 1. The summed E-state index contributed by atoms with van der Waals surface area (Å²) >= 11 is 12.0. The number of nitrogens with zero attached hydrogens (tertiary/aromatic N) is 1. The number of nitrogens with one attached hydrogen (secondary N) is 1. The second-order valence-electron chi connectivity index (χ2n) is 5.71. The minimum absolute atomic E-state index is 0.00522. The molecule has 1 atom stereocenters. The summed E-state index contributed by atoms with van der Waals surface area (Å²) in [6, 6.07) is 15.8. The van der Waals surface area contributed by atoms with Crippen molar-refractivity contribution in [2.24, 2.45) is 0 Å². The van der Waals surface area contributed by atoms with Crippen LogP contribution in [-0.2, 0) is 0 Å². The van der Waals surface area contributed by atoms with Crippen LogP contribution in [0.1, 0.15) is 34.1 Å². The predicted octanol–water partition coefficient (Wildman–Crippen LogP) is 5.72. The van der Waals surface area contributed by atoms with Crippen LogP contribution in [0.5, 0.6) is 0 Å². The molecule has 3 aromatic rings. The number of hydrogen-bond donors (Lipinski definition) is 1. The molecular weight excluding hydrogens is 359 g/mol. The van der Waals surface area contributed by atoms with E-state index in [9.17, 15) is 4.79 Å². The summed E-state index contributed by atoms with van der Waals surface area (Å²) in [5.41, 5.74) is 1.50. The molecule has 25 heavy (non-hydrogen) atoms. The fourth-order valence-electron chi connectivity index (χ4n) is 2.53. The van der Waals surface area contributed by atoms with Crippen LogP contribution in [0.25, 0.3) is 0 Å². The highest BCUT2D eigenvalue weighted by atomic mass is 35.5.